The zero-order valence-corrected chi connectivity index (χ0v) is 16.2. The summed E-state index contributed by atoms with van der Waals surface area (Å²) in [5.41, 5.74) is 0.0199. The number of hydrogen-bond donors (Lipinski definition) is 3. The molecule has 0 aromatic heterocycles. The van der Waals surface area contributed by atoms with E-state index in [0.717, 1.165) is 12.8 Å². The van der Waals surface area contributed by atoms with E-state index in [4.69, 9.17) is 0 Å². The van der Waals surface area contributed by atoms with E-state index < -0.39 is 11.6 Å². The van der Waals surface area contributed by atoms with Crippen molar-refractivity contribution in [2.24, 2.45) is 4.99 Å². The number of nitrogens with one attached hydrogen (secondary N) is 3. The lowest BCUT2D eigenvalue weighted by Gasteiger charge is -2.21. The smallest absolute Gasteiger partial charge is 0.221 e. The van der Waals surface area contributed by atoms with Crippen LogP contribution in [0.15, 0.2) is 23.2 Å². The van der Waals surface area contributed by atoms with Crippen molar-refractivity contribution in [3.05, 3.63) is 29.8 Å². The van der Waals surface area contributed by atoms with E-state index in [1.807, 2.05) is 13.8 Å². The Bertz CT molecular complexity index is 647. The van der Waals surface area contributed by atoms with E-state index in [1.54, 1.807) is 11.9 Å². The van der Waals surface area contributed by atoms with E-state index >= 15 is 0 Å². The maximum Gasteiger partial charge on any atom is 0.221 e. The molecule has 6 nitrogen and oxygen atoms in total. The summed E-state index contributed by atoms with van der Waals surface area (Å²) in [6.07, 6.45) is 1.98. The first-order valence-electron chi connectivity index (χ1n) is 9.40. The molecule has 0 aliphatic carbocycles. The topological polar surface area (TPSA) is 68.8 Å². The van der Waals surface area contributed by atoms with Gasteiger partial charge in [0, 0.05) is 45.2 Å². The van der Waals surface area contributed by atoms with Gasteiger partial charge in [0.25, 0.3) is 0 Å². The zero-order valence-electron chi connectivity index (χ0n) is 16.2. The van der Waals surface area contributed by atoms with Crippen molar-refractivity contribution in [2.75, 3.05) is 31.6 Å². The van der Waals surface area contributed by atoms with Crippen LogP contribution in [0.4, 0.5) is 14.5 Å². The number of guanidine groups is 1. The van der Waals surface area contributed by atoms with Crippen LogP contribution in [-0.4, -0.2) is 50.6 Å². The van der Waals surface area contributed by atoms with Gasteiger partial charge in [0.05, 0.1) is 0 Å². The highest BCUT2D eigenvalue weighted by Crippen LogP contribution is 2.26. The number of amides is 1. The molecule has 1 aromatic carbocycles. The first-order chi connectivity index (χ1) is 12.9. The summed E-state index contributed by atoms with van der Waals surface area (Å²) in [7, 11) is 1.65. The number of aliphatic imine (C=N–C) groups is 1. The number of halogens is 2. The number of anilines is 1. The second kappa shape index (κ2) is 10.1. The summed E-state index contributed by atoms with van der Waals surface area (Å²) < 4.78 is 27.9. The quantitative estimate of drug-likeness (QED) is 0.499. The Hall–Kier alpha value is -2.38. The lowest BCUT2D eigenvalue weighted by molar-refractivity contribution is -0.121. The first kappa shape index (κ1) is 20.9. The molecule has 1 saturated heterocycles. The van der Waals surface area contributed by atoms with Crippen LogP contribution >= 0.6 is 0 Å². The Labute approximate surface area is 159 Å². The molecule has 1 aliphatic heterocycles. The van der Waals surface area contributed by atoms with Crippen LogP contribution in [0.1, 0.15) is 33.1 Å². The molecule has 1 aromatic rings. The maximum atomic E-state index is 13.9. The molecule has 1 amide bonds. The maximum absolute atomic E-state index is 13.9. The molecule has 0 spiro atoms. The minimum Gasteiger partial charge on any atom is -0.365 e. The summed E-state index contributed by atoms with van der Waals surface area (Å²) in [5.74, 6) is -0.530. The summed E-state index contributed by atoms with van der Waals surface area (Å²) in [6.45, 7) is 5.49. The number of carbonyl (C=O) groups excluding carboxylic acids is 1. The van der Waals surface area contributed by atoms with Gasteiger partial charge in [-0.15, -0.1) is 0 Å². The summed E-state index contributed by atoms with van der Waals surface area (Å²) >= 11 is 0. The molecular weight excluding hydrogens is 352 g/mol. The predicted molar refractivity (Wildman–Crippen MR) is 104 cm³/mol. The monoisotopic (exact) mass is 381 g/mol. The largest absolute Gasteiger partial charge is 0.365 e. The van der Waals surface area contributed by atoms with Crippen LogP contribution in [0.5, 0.6) is 0 Å². The molecule has 2 unspecified atom stereocenters. The van der Waals surface area contributed by atoms with Crippen molar-refractivity contribution in [3.63, 3.8) is 0 Å². The molecule has 1 fully saturated rings. The van der Waals surface area contributed by atoms with Crippen LogP contribution in [0.25, 0.3) is 0 Å². The highest BCUT2D eigenvalue weighted by atomic mass is 19.1. The molecule has 2 atom stereocenters. The third kappa shape index (κ3) is 6.08. The number of benzene rings is 1. The Morgan fingerprint density at radius 3 is 2.70 bits per heavy atom. The Balaban J connectivity index is 1.80. The molecule has 2 rings (SSSR count). The molecule has 8 heteroatoms. The minimum atomic E-state index is -0.550. The first-order valence-corrected chi connectivity index (χ1v) is 9.40. The predicted octanol–water partition coefficient (Wildman–Crippen LogP) is 2.01. The van der Waals surface area contributed by atoms with Crippen LogP contribution in [-0.2, 0) is 4.79 Å². The molecular formula is C19H29F2N5O. The van der Waals surface area contributed by atoms with Crippen molar-refractivity contribution < 1.29 is 13.6 Å². The number of hydrogen-bond acceptors (Lipinski definition) is 3. The Kier molecular flexibility index (Phi) is 7.82. The standard InChI is InChI=1S/C19H29F2N5O/c1-4-13(2)24-17(27)8-10-23-19(22-3)25-14-9-11-26(12-14)18-15(20)6-5-7-16(18)21/h5-7,13-14H,4,8-12H2,1-3H3,(H,24,27)(H2,22,23,25). The van der Waals surface area contributed by atoms with Crippen molar-refractivity contribution in [1.29, 1.82) is 0 Å². The van der Waals surface area contributed by atoms with Gasteiger partial charge in [-0.05, 0) is 31.9 Å². The summed E-state index contributed by atoms with van der Waals surface area (Å²) in [4.78, 5) is 17.7. The zero-order chi connectivity index (χ0) is 19.8. The molecule has 0 bridgehead atoms. The molecule has 1 aliphatic rings. The van der Waals surface area contributed by atoms with Gasteiger partial charge in [-0.1, -0.05) is 13.0 Å². The van der Waals surface area contributed by atoms with Crippen molar-refractivity contribution in [3.8, 4) is 0 Å². The molecule has 0 radical (unpaired) electrons. The number of carbonyl (C=O) groups is 1. The molecule has 1 heterocycles. The number of nitrogens with zero attached hydrogens (tertiary/aromatic N) is 2. The van der Waals surface area contributed by atoms with E-state index in [2.05, 4.69) is 20.9 Å². The highest BCUT2D eigenvalue weighted by Gasteiger charge is 2.27. The van der Waals surface area contributed by atoms with Gasteiger partial charge in [0.15, 0.2) is 5.96 Å². The van der Waals surface area contributed by atoms with Crippen LogP contribution in [0.3, 0.4) is 0 Å². The fourth-order valence-corrected chi connectivity index (χ4v) is 3.00. The van der Waals surface area contributed by atoms with Crippen molar-refractivity contribution in [1.82, 2.24) is 16.0 Å². The second-order valence-electron chi connectivity index (χ2n) is 6.77. The second-order valence-corrected chi connectivity index (χ2v) is 6.77. The van der Waals surface area contributed by atoms with Gasteiger partial charge in [0.2, 0.25) is 5.91 Å². The van der Waals surface area contributed by atoms with Crippen molar-refractivity contribution >= 4 is 17.6 Å². The van der Waals surface area contributed by atoms with Gasteiger partial charge in [-0.2, -0.15) is 0 Å². The number of para-hydroxylation sites is 1. The van der Waals surface area contributed by atoms with E-state index in [1.165, 1.54) is 18.2 Å². The van der Waals surface area contributed by atoms with Gasteiger partial charge in [-0.3, -0.25) is 9.79 Å². The third-order valence-corrected chi connectivity index (χ3v) is 4.67. The average molecular weight is 381 g/mol. The normalized spacial score (nSPS) is 18.3. The number of rotatable bonds is 7. The lowest BCUT2D eigenvalue weighted by Crippen LogP contribution is -2.45. The lowest BCUT2D eigenvalue weighted by atomic mass is 10.2. The van der Waals surface area contributed by atoms with E-state index in [-0.39, 0.29) is 23.7 Å². The van der Waals surface area contributed by atoms with Gasteiger partial charge in [-0.25, -0.2) is 8.78 Å². The van der Waals surface area contributed by atoms with Gasteiger partial charge < -0.3 is 20.9 Å². The average Bonchev–Trinajstić information content (AvgIpc) is 3.08. The van der Waals surface area contributed by atoms with Crippen LogP contribution < -0.4 is 20.9 Å². The Morgan fingerprint density at radius 2 is 2.07 bits per heavy atom. The Morgan fingerprint density at radius 1 is 1.37 bits per heavy atom. The van der Waals surface area contributed by atoms with Crippen molar-refractivity contribution in [2.45, 2.75) is 45.2 Å². The third-order valence-electron chi connectivity index (χ3n) is 4.67. The minimum absolute atomic E-state index is 0.00521. The molecule has 150 valence electrons. The summed E-state index contributed by atoms with van der Waals surface area (Å²) in [6, 6.07) is 4.08. The van der Waals surface area contributed by atoms with Crippen LogP contribution in [0.2, 0.25) is 0 Å². The van der Waals surface area contributed by atoms with E-state index in [0.29, 0.717) is 32.0 Å². The summed E-state index contributed by atoms with van der Waals surface area (Å²) in [5, 5.41) is 9.27. The van der Waals surface area contributed by atoms with Gasteiger partial charge >= 0.3 is 0 Å². The molecule has 3 N–H and O–H groups in total. The SMILES string of the molecule is CCC(C)NC(=O)CCNC(=NC)NC1CCN(c2c(F)cccc2F)C1. The molecule has 27 heavy (non-hydrogen) atoms. The van der Waals surface area contributed by atoms with Gasteiger partial charge in [0.1, 0.15) is 17.3 Å². The van der Waals surface area contributed by atoms with E-state index in [9.17, 15) is 13.6 Å². The molecule has 0 saturated carbocycles. The van der Waals surface area contributed by atoms with Crippen LogP contribution in [0, 0.1) is 11.6 Å². The fourth-order valence-electron chi connectivity index (χ4n) is 3.00. The highest BCUT2D eigenvalue weighted by molar-refractivity contribution is 5.81. The fraction of sp³-hybridized carbons (Fsp3) is 0.579.